The van der Waals surface area contributed by atoms with Gasteiger partial charge in [-0.3, -0.25) is 4.79 Å². The number of hydrogen-bond acceptors (Lipinski definition) is 4. The van der Waals surface area contributed by atoms with Crippen LogP contribution in [0, 0.1) is 5.41 Å². The monoisotopic (exact) mass is 458 g/mol. The lowest BCUT2D eigenvalue weighted by Gasteiger charge is -2.34. The van der Waals surface area contributed by atoms with Crippen molar-refractivity contribution < 1.29 is 9.53 Å². The molecular weight excluding hydrogens is 432 g/mol. The van der Waals surface area contributed by atoms with Crippen LogP contribution in [-0.2, 0) is 11.4 Å². The van der Waals surface area contributed by atoms with Gasteiger partial charge in [0.1, 0.15) is 12.4 Å². The SMILES string of the molecule is CC1(C)CC(=O)C2=C(C1)Nc1ccccc1NC2c1ccc(OCc2ccccc2)cc1Cl. The van der Waals surface area contributed by atoms with Gasteiger partial charge in [0.15, 0.2) is 5.78 Å². The fourth-order valence-electron chi connectivity index (χ4n) is 4.70. The predicted molar refractivity (Wildman–Crippen MR) is 134 cm³/mol. The number of halogens is 1. The molecule has 0 amide bonds. The zero-order valence-electron chi connectivity index (χ0n) is 18.8. The molecule has 168 valence electrons. The number of ketones is 1. The van der Waals surface area contributed by atoms with E-state index >= 15 is 0 Å². The quantitative estimate of drug-likeness (QED) is 0.436. The molecule has 1 aliphatic carbocycles. The smallest absolute Gasteiger partial charge is 0.163 e. The molecule has 4 nitrogen and oxygen atoms in total. The Morgan fingerprint density at radius 2 is 1.70 bits per heavy atom. The van der Waals surface area contributed by atoms with Gasteiger partial charge in [-0.2, -0.15) is 0 Å². The number of nitrogens with one attached hydrogen (secondary N) is 2. The molecule has 2 aliphatic rings. The van der Waals surface area contributed by atoms with Crippen LogP contribution in [-0.4, -0.2) is 5.78 Å². The Bertz CT molecular complexity index is 1230. The molecule has 1 unspecified atom stereocenters. The Kier molecular flexibility index (Phi) is 5.63. The molecule has 33 heavy (non-hydrogen) atoms. The van der Waals surface area contributed by atoms with Gasteiger partial charge in [0.05, 0.1) is 17.4 Å². The summed E-state index contributed by atoms with van der Waals surface area (Å²) in [5.74, 6) is 0.851. The lowest BCUT2D eigenvalue weighted by molar-refractivity contribution is -0.118. The Labute approximate surface area is 199 Å². The summed E-state index contributed by atoms with van der Waals surface area (Å²) >= 11 is 6.79. The second kappa shape index (κ2) is 8.60. The molecule has 5 heteroatoms. The molecule has 0 fully saturated rings. The van der Waals surface area contributed by atoms with Gasteiger partial charge < -0.3 is 15.4 Å². The molecular formula is C28H27ClN2O2. The molecule has 1 heterocycles. The van der Waals surface area contributed by atoms with Gasteiger partial charge in [0.2, 0.25) is 0 Å². The highest BCUT2D eigenvalue weighted by molar-refractivity contribution is 6.31. The normalized spacial score (nSPS) is 19.0. The number of ether oxygens (including phenoxy) is 1. The lowest BCUT2D eigenvalue weighted by Crippen LogP contribution is -2.31. The van der Waals surface area contributed by atoms with Crippen LogP contribution < -0.4 is 15.4 Å². The zero-order chi connectivity index (χ0) is 23.0. The second-order valence-corrected chi connectivity index (χ2v) is 9.95. The summed E-state index contributed by atoms with van der Waals surface area (Å²) in [6.45, 7) is 4.75. The number of Topliss-reactive ketones (excluding diaryl/α,β-unsaturated/α-hetero) is 1. The van der Waals surface area contributed by atoms with Crippen LogP contribution >= 0.6 is 11.6 Å². The van der Waals surface area contributed by atoms with Crippen molar-refractivity contribution in [3.05, 3.63) is 100 Å². The van der Waals surface area contributed by atoms with Gasteiger partial charge in [-0.15, -0.1) is 0 Å². The summed E-state index contributed by atoms with van der Waals surface area (Å²) in [7, 11) is 0. The topological polar surface area (TPSA) is 50.4 Å². The van der Waals surface area contributed by atoms with E-state index in [4.69, 9.17) is 16.3 Å². The third-order valence-corrected chi connectivity index (χ3v) is 6.58. The van der Waals surface area contributed by atoms with Crippen molar-refractivity contribution >= 4 is 28.8 Å². The number of benzene rings is 3. The first-order valence-electron chi connectivity index (χ1n) is 11.2. The largest absolute Gasteiger partial charge is 0.489 e. The average Bonchev–Trinajstić information content (AvgIpc) is 2.94. The van der Waals surface area contributed by atoms with Crippen LogP contribution in [0.15, 0.2) is 84.1 Å². The molecule has 3 aromatic rings. The van der Waals surface area contributed by atoms with E-state index in [2.05, 4.69) is 24.5 Å². The Morgan fingerprint density at radius 1 is 0.970 bits per heavy atom. The van der Waals surface area contributed by atoms with E-state index < -0.39 is 0 Å². The van der Waals surface area contributed by atoms with Crippen LogP contribution in [0.3, 0.4) is 0 Å². The third-order valence-electron chi connectivity index (χ3n) is 6.25. The molecule has 3 aromatic carbocycles. The Balaban J connectivity index is 1.50. The first-order chi connectivity index (χ1) is 15.9. The van der Waals surface area contributed by atoms with Gasteiger partial charge >= 0.3 is 0 Å². The maximum Gasteiger partial charge on any atom is 0.163 e. The minimum absolute atomic E-state index is 0.0916. The number of fused-ring (bicyclic) bond motifs is 1. The van der Waals surface area contributed by atoms with Crippen molar-refractivity contribution in [2.75, 3.05) is 10.6 Å². The van der Waals surface area contributed by atoms with Crippen LogP contribution in [0.4, 0.5) is 11.4 Å². The molecule has 5 rings (SSSR count). The van der Waals surface area contributed by atoms with Crippen LogP contribution in [0.5, 0.6) is 5.75 Å². The van der Waals surface area contributed by atoms with E-state index in [1.54, 1.807) is 0 Å². The molecule has 0 saturated heterocycles. The highest BCUT2D eigenvalue weighted by atomic mass is 35.5. The number of allylic oxidation sites excluding steroid dienone is 1. The molecule has 0 saturated carbocycles. The van der Waals surface area contributed by atoms with Crippen LogP contribution in [0.2, 0.25) is 5.02 Å². The number of carbonyl (C=O) groups is 1. The molecule has 0 spiro atoms. The second-order valence-electron chi connectivity index (χ2n) is 9.54. The summed E-state index contributed by atoms with van der Waals surface area (Å²) in [6.07, 6.45) is 1.31. The standard InChI is InChI=1S/C28H27ClN2O2/c1-28(2)15-24-26(25(32)16-28)27(31-23-11-7-6-10-22(23)30-24)20-13-12-19(14-21(20)29)33-17-18-8-4-3-5-9-18/h3-14,27,30-31H,15-17H2,1-2H3. The van der Waals surface area contributed by atoms with Gasteiger partial charge in [0.25, 0.3) is 0 Å². The minimum Gasteiger partial charge on any atom is -0.489 e. The summed E-state index contributed by atoms with van der Waals surface area (Å²) in [4.78, 5) is 13.4. The average molecular weight is 459 g/mol. The van der Waals surface area contributed by atoms with Gasteiger partial charge in [0, 0.05) is 22.7 Å². The van der Waals surface area contributed by atoms with Gasteiger partial charge in [-0.05, 0) is 47.2 Å². The molecule has 0 bridgehead atoms. The lowest BCUT2D eigenvalue weighted by atomic mass is 9.73. The van der Waals surface area contributed by atoms with Crippen molar-refractivity contribution in [1.82, 2.24) is 0 Å². The highest BCUT2D eigenvalue weighted by Crippen LogP contribution is 2.46. The molecule has 0 aromatic heterocycles. The molecule has 0 radical (unpaired) electrons. The fraction of sp³-hybridized carbons (Fsp3) is 0.250. The Morgan fingerprint density at radius 3 is 2.45 bits per heavy atom. The fourth-order valence-corrected chi connectivity index (χ4v) is 4.97. The summed E-state index contributed by atoms with van der Waals surface area (Å²) < 4.78 is 5.96. The van der Waals surface area contributed by atoms with Crippen molar-refractivity contribution in [3.8, 4) is 5.75 Å². The molecule has 1 aliphatic heterocycles. The van der Waals surface area contributed by atoms with E-state index in [9.17, 15) is 4.79 Å². The predicted octanol–water partition coefficient (Wildman–Crippen LogP) is 7.14. The minimum atomic E-state index is -0.338. The summed E-state index contributed by atoms with van der Waals surface area (Å²) in [5.41, 5.74) is 5.52. The first-order valence-corrected chi connectivity index (χ1v) is 11.6. The zero-order valence-corrected chi connectivity index (χ0v) is 19.6. The van der Waals surface area contributed by atoms with Crippen molar-refractivity contribution in [3.63, 3.8) is 0 Å². The first kappa shape index (κ1) is 21.6. The van der Waals surface area contributed by atoms with Crippen molar-refractivity contribution in [1.29, 1.82) is 0 Å². The van der Waals surface area contributed by atoms with Gasteiger partial charge in [-0.1, -0.05) is 74.0 Å². The van der Waals surface area contributed by atoms with E-state index in [0.29, 0.717) is 23.8 Å². The maximum absolute atomic E-state index is 13.4. The van der Waals surface area contributed by atoms with Crippen molar-refractivity contribution in [2.24, 2.45) is 5.41 Å². The third kappa shape index (κ3) is 4.49. The van der Waals surface area contributed by atoms with Crippen molar-refractivity contribution in [2.45, 2.75) is 39.3 Å². The summed E-state index contributed by atoms with van der Waals surface area (Å²) in [5, 5.41) is 7.70. The van der Waals surface area contributed by atoms with E-state index in [0.717, 1.165) is 40.2 Å². The molecule has 2 N–H and O–H groups in total. The number of para-hydroxylation sites is 2. The van der Waals surface area contributed by atoms with Gasteiger partial charge in [-0.25, -0.2) is 0 Å². The van der Waals surface area contributed by atoms with Crippen LogP contribution in [0.25, 0.3) is 0 Å². The van der Waals surface area contributed by atoms with Crippen LogP contribution in [0.1, 0.15) is 43.9 Å². The number of carbonyl (C=O) groups excluding carboxylic acids is 1. The Hall–Kier alpha value is -3.24. The van der Waals surface area contributed by atoms with E-state index in [1.807, 2.05) is 72.8 Å². The van der Waals surface area contributed by atoms with E-state index in [1.165, 1.54) is 0 Å². The number of anilines is 2. The number of rotatable bonds is 4. The molecule has 1 atom stereocenters. The summed E-state index contributed by atoms with van der Waals surface area (Å²) in [6, 6.07) is 23.5. The highest BCUT2D eigenvalue weighted by Gasteiger charge is 2.39. The maximum atomic E-state index is 13.4. The van der Waals surface area contributed by atoms with E-state index in [-0.39, 0.29) is 17.2 Å². The number of hydrogen-bond donors (Lipinski definition) is 2.